The van der Waals surface area contributed by atoms with E-state index in [1.165, 1.54) is 16.4 Å². The molecule has 2 aromatic heterocycles. The molecule has 2 nitrogen and oxygen atoms in total. The van der Waals surface area contributed by atoms with E-state index in [1.807, 2.05) is 0 Å². The third-order valence-electron chi connectivity index (χ3n) is 2.98. The van der Waals surface area contributed by atoms with E-state index < -0.39 is 0 Å². The van der Waals surface area contributed by atoms with Gasteiger partial charge in [-0.05, 0) is 12.1 Å². The molecule has 0 aliphatic rings. The number of aromatic nitrogens is 1. The van der Waals surface area contributed by atoms with Gasteiger partial charge in [0.1, 0.15) is 5.76 Å². The average Bonchev–Trinajstić information content (AvgIpc) is 2.80. The van der Waals surface area contributed by atoms with E-state index in [2.05, 4.69) is 48.9 Å². The lowest BCUT2D eigenvalue weighted by atomic mass is 10.2. The van der Waals surface area contributed by atoms with Gasteiger partial charge in [0.15, 0.2) is 5.58 Å². The first-order valence-corrected chi connectivity index (χ1v) is 5.27. The van der Waals surface area contributed by atoms with Crippen molar-refractivity contribution < 1.29 is 4.42 Å². The van der Waals surface area contributed by atoms with Crippen LogP contribution in [0.25, 0.3) is 22.0 Å². The van der Waals surface area contributed by atoms with Crippen LogP contribution in [0.3, 0.4) is 0 Å². The fraction of sp³-hybridized carbons (Fsp3) is 0.231. The van der Waals surface area contributed by atoms with Crippen LogP contribution in [-0.4, -0.2) is 4.57 Å². The SMILES string of the molecule is CCc1cc2c(o1)c1ccccc1n2C. The van der Waals surface area contributed by atoms with Gasteiger partial charge in [-0.25, -0.2) is 0 Å². The largest absolute Gasteiger partial charge is 0.459 e. The van der Waals surface area contributed by atoms with E-state index in [1.54, 1.807) is 0 Å². The summed E-state index contributed by atoms with van der Waals surface area (Å²) in [5.74, 6) is 1.06. The van der Waals surface area contributed by atoms with Gasteiger partial charge < -0.3 is 8.98 Å². The number of aryl methyl sites for hydroxylation is 2. The smallest absolute Gasteiger partial charge is 0.159 e. The summed E-state index contributed by atoms with van der Waals surface area (Å²) in [6.07, 6.45) is 0.947. The fourth-order valence-corrected chi connectivity index (χ4v) is 2.14. The highest BCUT2D eigenvalue weighted by atomic mass is 16.3. The number of nitrogens with zero attached hydrogens (tertiary/aromatic N) is 1. The Morgan fingerprint density at radius 2 is 2.00 bits per heavy atom. The number of hydrogen-bond acceptors (Lipinski definition) is 1. The van der Waals surface area contributed by atoms with Crippen molar-refractivity contribution in [2.75, 3.05) is 0 Å². The Bertz CT molecular complexity index is 630. The molecule has 0 aliphatic carbocycles. The summed E-state index contributed by atoms with van der Waals surface area (Å²) in [5.41, 5.74) is 3.44. The lowest BCUT2D eigenvalue weighted by molar-refractivity contribution is 0.560. The van der Waals surface area contributed by atoms with Crippen molar-refractivity contribution in [1.82, 2.24) is 4.57 Å². The second kappa shape index (κ2) is 2.89. The normalized spacial score (nSPS) is 11.6. The van der Waals surface area contributed by atoms with Crippen LogP contribution >= 0.6 is 0 Å². The second-order valence-corrected chi connectivity index (χ2v) is 3.86. The summed E-state index contributed by atoms with van der Waals surface area (Å²) in [5, 5.41) is 1.20. The van der Waals surface area contributed by atoms with Gasteiger partial charge in [0.25, 0.3) is 0 Å². The van der Waals surface area contributed by atoms with Crippen LogP contribution in [-0.2, 0) is 13.5 Å². The summed E-state index contributed by atoms with van der Waals surface area (Å²) < 4.78 is 8.02. The van der Waals surface area contributed by atoms with E-state index in [0.717, 1.165) is 17.8 Å². The Kier molecular flexibility index (Phi) is 1.66. The van der Waals surface area contributed by atoms with Crippen molar-refractivity contribution in [1.29, 1.82) is 0 Å². The number of fused-ring (bicyclic) bond motifs is 3. The van der Waals surface area contributed by atoms with E-state index in [-0.39, 0.29) is 0 Å². The zero-order valence-corrected chi connectivity index (χ0v) is 8.95. The predicted molar refractivity (Wildman–Crippen MR) is 62.1 cm³/mol. The van der Waals surface area contributed by atoms with Gasteiger partial charge in [-0.2, -0.15) is 0 Å². The third-order valence-corrected chi connectivity index (χ3v) is 2.98. The lowest BCUT2D eigenvalue weighted by Gasteiger charge is -1.95. The van der Waals surface area contributed by atoms with Crippen molar-refractivity contribution in [3.63, 3.8) is 0 Å². The molecule has 3 rings (SSSR count). The maximum absolute atomic E-state index is 5.83. The first-order chi connectivity index (χ1) is 7.31. The molecule has 0 saturated heterocycles. The Balaban J connectivity index is 2.51. The lowest BCUT2D eigenvalue weighted by Crippen LogP contribution is -1.84. The van der Waals surface area contributed by atoms with Gasteiger partial charge >= 0.3 is 0 Å². The van der Waals surface area contributed by atoms with Crippen molar-refractivity contribution >= 4 is 22.0 Å². The summed E-state index contributed by atoms with van der Waals surface area (Å²) in [7, 11) is 2.08. The molecule has 2 heterocycles. The van der Waals surface area contributed by atoms with Crippen LogP contribution in [0.2, 0.25) is 0 Å². The van der Waals surface area contributed by atoms with E-state index in [9.17, 15) is 0 Å². The Labute approximate surface area is 88.1 Å². The minimum absolute atomic E-state index is 0.947. The molecule has 0 amide bonds. The Morgan fingerprint density at radius 3 is 2.80 bits per heavy atom. The van der Waals surface area contributed by atoms with Gasteiger partial charge in [-0.1, -0.05) is 19.1 Å². The van der Waals surface area contributed by atoms with Crippen LogP contribution in [0.4, 0.5) is 0 Å². The van der Waals surface area contributed by atoms with E-state index in [4.69, 9.17) is 4.42 Å². The molecule has 0 atom stereocenters. The van der Waals surface area contributed by atoms with Gasteiger partial charge in [0, 0.05) is 24.9 Å². The quantitative estimate of drug-likeness (QED) is 0.586. The van der Waals surface area contributed by atoms with E-state index in [0.29, 0.717) is 0 Å². The number of rotatable bonds is 1. The first kappa shape index (κ1) is 8.60. The van der Waals surface area contributed by atoms with Crippen molar-refractivity contribution in [2.24, 2.45) is 7.05 Å². The average molecular weight is 199 g/mol. The number of para-hydroxylation sites is 1. The molecule has 0 fully saturated rings. The molecular formula is C13H13NO. The van der Waals surface area contributed by atoms with Gasteiger partial charge in [-0.15, -0.1) is 0 Å². The predicted octanol–water partition coefficient (Wildman–Crippen LogP) is 3.49. The first-order valence-electron chi connectivity index (χ1n) is 5.27. The van der Waals surface area contributed by atoms with Gasteiger partial charge in [0.2, 0.25) is 0 Å². The minimum Gasteiger partial charge on any atom is -0.459 e. The van der Waals surface area contributed by atoms with Crippen LogP contribution in [0.15, 0.2) is 34.7 Å². The maximum atomic E-state index is 5.83. The molecule has 0 saturated carbocycles. The monoisotopic (exact) mass is 199 g/mol. The van der Waals surface area contributed by atoms with Crippen molar-refractivity contribution in [3.05, 3.63) is 36.1 Å². The highest BCUT2D eigenvalue weighted by Crippen LogP contribution is 2.30. The fourth-order valence-electron chi connectivity index (χ4n) is 2.14. The molecule has 0 N–H and O–H groups in total. The zero-order valence-electron chi connectivity index (χ0n) is 8.95. The van der Waals surface area contributed by atoms with Crippen LogP contribution < -0.4 is 0 Å². The number of furan rings is 1. The molecule has 0 radical (unpaired) electrons. The Hall–Kier alpha value is -1.70. The molecule has 3 aromatic rings. The third kappa shape index (κ3) is 1.05. The van der Waals surface area contributed by atoms with Crippen molar-refractivity contribution in [3.8, 4) is 0 Å². The van der Waals surface area contributed by atoms with Crippen molar-refractivity contribution in [2.45, 2.75) is 13.3 Å². The van der Waals surface area contributed by atoms with Gasteiger partial charge in [0.05, 0.1) is 11.0 Å². The molecular weight excluding hydrogens is 186 g/mol. The highest BCUT2D eigenvalue weighted by Gasteiger charge is 2.11. The molecule has 15 heavy (non-hydrogen) atoms. The molecule has 2 heteroatoms. The Morgan fingerprint density at radius 1 is 1.20 bits per heavy atom. The number of hydrogen-bond donors (Lipinski definition) is 0. The minimum atomic E-state index is 0.947. The van der Waals surface area contributed by atoms with Gasteiger partial charge in [-0.3, -0.25) is 0 Å². The molecule has 0 aliphatic heterocycles. The van der Waals surface area contributed by atoms with Crippen LogP contribution in [0, 0.1) is 0 Å². The van der Waals surface area contributed by atoms with Crippen LogP contribution in [0.1, 0.15) is 12.7 Å². The summed E-state index contributed by atoms with van der Waals surface area (Å²) in [6, 6.07) is 10.5. The molecule has 0 bridgehead atoms. The highest BCUT2D eigenvalue weighted by molar-refractivity contribution is 6.04. The molecule has 76 valence electrons. The zero-order chi connectivity index (χ0) is 10.4. The summed E-state index contributed by atoms with van der Waals surface area (Å²) >= 11 is 0. The van der Waals surface area contributed by atoms with E-state index >= 15 is 0 Å². The second-order valence-electron chi connectivity index (χ2n) is 3.86. The topological polar surface area (TPSA) is 18.1 Å². The summed E-state index contributed by atoms with van der Waals surface area (Å²) in [6.45, 7) is 2.11. The van der Waals surface area contributed by atoms with Crippen LogP contribution in [0.5, 0.6) is 0 Å². The summed E-state index contributed by atoms with van der Waals surface area (Å²) in [4.78, 5) is 0. The number of benzene rings is 1. The molecule has 0 spiro atoms. The maximum Gasteiger partial charge on any atom is 0.159 e. The molecule has 1 aromatic carbocycles. The standard InChI is InChI=1S/C13H13NO/c1-3-9-8-12-13(15-9)10-6-4-5-7-11(10)14(12)2/h4-8H,3H2,1-2H3. The molecule has 0 unspecified atom stereocenters.